The fraction of sp³-hybridized carbons (Fsp3) is 0.600. The molecule has 1 aromatic rings. The number of hydrogen-bond donors (Lipinski definition) is 1. The number of carbonyl (C=O) groups excluding carboxylic acids is 1. The van der Waals surface area contributed by atoms with Crippen LogP contribution in [0.5, 0.6) is 0 Å². The number of thiazole rings is 1. The molecule has 0 aliphatic carbocycles. The van der Waals surface area contributed by atoms with Crippen LogP contribution in [-0.2, 0) is 0 Å². The first-order valence-electron chi connectivity index (χ1n) is 4.69. The molecule has 4 heteroatoms. The molecule has 0 aromatic carbocycles. The van der Waals surface area contributed by atoms with Crippen LogP contribution in [0.1, 0.15) is 42.6 Å². The van der Waals surface area contributed by atoms with Crippen molar-refractivity contribution in [1.82, 2.24) is 10.3 Å². The lowest BCUT2D eigenvalue weighted by molar-refractivity contribution is 0.0914. The van der Waals surface area contributed by atoms with Crippen LogP contribution >= 0.6 is 11.3 Å². The molecule has 3 nitrogen and oxygen atoms in total. The van der Waals surface area contributed by atoms with E-state index in [1.807, 2.05) is 20.8 Å². The lowest BCUT2D eigenvalue weighted by Crippen LogP contribution is -2.42. The number of amides is 1. The number of aromatic nitrogens is 1. The minimum atomic E-state index is -0.145. The minimum Gasteiger partial charge on any atom is -0.346 e. The lowest BCUT2D eigenvalue weighted by atomic mass is 10.0. The van der Waals surface area contributed by atoms with Gasteiger partial charge in [0.1, 0.15) is 4.88 Å². The van der Waals surface area contributed by atoms with Gasteiger partial charge in [-0.3, -0.25) is 4.79 Å². The summed E-state index contributed by atoms with van der Waals surface area (Å²) in [5, 5.41) is 2.98. The van der Waals surface area contributed by atoms with Crippen molar-refractivity contribution in [2.45, 2.75) is 39.7 Å². The molecule has 14 heavy (non-hydrogen) atoms. The van der Waals surface area contributed by atoms with Gasteiger partial charge in [0.25, 0.3) is 5.91 Å². The molecular formula is C10H16N2OS. The molecule has 0 saturated heterocycles. The molecule has 0 fully saturated rings. The van der Waals surface area contributed by atoms with E-state index in [1.54, 1.807) is 5.51 Å². The molecule has 0 spiro atoms. The zero-order valence-electron chi connectivity index (χ0n) is 9.05. The molecule has 0 aliphatic rings. The van der Waals surface area contributed by atoms with Gasteiger partial charge in [0.05, 0.1) is 11.2 Å². The summed E-state index contributed by atoms with van der Waals surface area (Å²) in [7, 11) is 0. The average molecular weight is 212 g/mol. The molecule has 0 saturated carbocycles. The number of hydrogen-bond acceptors (Lipinski definition) is 3. The van der Waals surface area contributed by atoms with Crippen molar-refractivity contribution in [3.63, 3.8) is 0 Å². The Morgan fingerprint density at radius 3 is 2.71 bits per heavy atom. The van der Waals surface area contributed by atoms with Crippen molar-refractivity contribution in [1.29, 1.82) is 0 Å². The summed E-state index contributed by atoms with van der Waals surface area (Å²) >= 11 is 1.39. The Kier molecular flexibility index (Phi) is 3.26. The summed E-state index contributed by atoms with van der Waals surface area (Å²) < 4.78 is 0. The van der Waals surface area contributed by atoms with Crippen LogP contribution in [0.4, 0.5) is 0 Å². The van der Waals surface area contributed by atoms with E-state index < -0.39 is 0 Å². The third kappa shape index (κ3) is 2.54. The predicted octanol–water partition coefficient (Wildman–Crippen LogP) is 2.37. The lowest BCUT2D eigenvalue weighted by Gasteiger charge is -2.24. The Balaban J connectivity index is 2.73. The number of carbonyl (C=O) groups is 1. The van der Waals surface area contributed by atoms with E-state index in [-0.39, 0.29) is 11.4 Å². The van der Waals surface area contributed by atoms with Crippen LogP contribution in [0, 0.1) is 6.92 Å². The van der Waals surface area contributed by atoms with Crippen molar-refractivity contribution >= 4 is 17.2 Å². The maximum atomic E-state index is 11.8. The second-order valence-electron chi connectivity index (χ2n) is 3.96. The van der Waals surface area contributed by atoms with E-state index in [9.17, 15) is 4.79 Å². The Morgan fingerprint density at radius 1 is 1.64 bits per heavy atom. The van der Waals surface area contributed by atoms with Gasteiger partial charge < -0.3 is 5.32 Å². The van der Waals surface area contributed by atoms with Gasteiger partial charge in [-0.25, -0.2) is 4.98 Å². The SMILES string of the molecule is CCC(C)(C)NC(=O)c1scnc1C. The summed E-state index contributed by atoms with van der Waals surface area (Å²) in [6.07, 6.45) is 0.913. The molecule has 0 atom stereocenters. The normalized spacial score (nSPS) is 11.4. The molecule has 0 radical (unpaired) electrons. The monoisotopic (exact) mass is 212 g/mol. The van der Waals surface area contributed by atoms with E-state index in [4.69, 9.17) is 0 Å². The highest BCUT2D eigenvalue weighted by Crippen LogP contribution is 2.14. The molecular weight excluding hydrogens is 196 g/mol. The largest absolute Gasteiger partial charge is 0.346 e. The van der Waals surface area contributed by atoms with Crippen molar-refractivity contribution in [3.05, 3.63) is 16.1 Å². The smallest absolute Gasteiger partial charge is 0.263 e. The topological polar surface area (TPSA) is 42.0 Å². The van der Waals surface area contributed by atoms with Crippen LogP contribution in [-0.4, -0.2) is 16.4 Å². The highest BCUT2D eigenvalue weighted by atomic mass is 32.1. The zero-order chi connectivity index (χ0) is 10.8. The summed E-state index contributed by atoms with van der Waals surface area (Å²) in [5.74, 6) is -0.0168. The Bertz CT molecular complexity index is 331. The number of nitrogens with one attached hydrogen (secondary N) is 1. The van der Waals surface area contributed by atoms with Gasteiger partial charge in [0.15, 0.2) is 0 Å². The standard InChI is InChI=1S/C10H16N2OS/c1-5-10(3,4)12-9(13)8-7(2)11-6-14-8/h6H,5H2,1-4H3,(H,12,13). The summed E-state index contributed by atoms with van der Waals surface area (Å²) in [6.45, 7) is 7.94. The third-order valence-electron chi connectivity index (χ3n) is 2.29. The Morgan fingerprint density at radius 2 is 2.29 bits per heavy atom. The zero-order valence-corrected chi connectivity index (χ0v) is 9.86. The van der Waals surface area contributed by atoms with Crippen LogP contribution < -0.4 is 5.32 Å². The molecule has 78 valence electrons. The van der Waals surface area contributed by atoms with E-state index in [0.717, 1.165) is 12.1 Å². The Labute approximate surface area is 88.6 Å². The second kappa shape index (κ2) is 4.09. The van der Waals surface area contributed by atoms with Crippen LogP contribution in [0.3, 0.4) is 0 Å². The molecule has 1 amide bonds. The van der Waals surface area contributed by atoms with Crippen molar-refractivity contribution in [2.24, 2.45) is 0 Å². The highest BCUT2D eigenvalue weighted by molar-refractivity contribution is 7.11. The molecule has 1 rings (SSSR count). The van der Waals surface area contributed by atoms with Gasteiger partial charge in [-0.05, 0) is 27.2 Å². The van der Waals surface area contributed by atoms with Gasteiger partial charge >= 0.3 is 0 Å². The van der Waals surface area contributed by atoms with Gasteiger partial charge in [-0.1, -0.05) is 6.92 Å². The van der Waals surface area contributed by atoms with E-state index >= 15 is 0 Å². The average Bonchev–Trinajstić information content (AvgIpc) is 2.51. The van der Waals surface area contributed by atoms with Crippen molar-refractivity contribution < 1.29 is 4.79 Å². The minimum absolute atomic E-state index is 0.0168. The highest BCUT2D eigenvalue weighted by Gasteiger charge is 2.20. The molecule has 1 aromatic heterocycles. The summed E-state index contributed by atoms with van der Waals surface area (Å²) in [4.78, 5) is 16.5. The van der Waals surface area contributed by atoms with Crippen molar-refractivity contribution in [3.8, 4) is 0 Å². The van der Waals surface area contributed by atoms with Crippen molar-refractivity contribution in [2.75, 3.05) is 0 Å². The first-order valence-corrected chi connectivity index (χ1v) is 5.57. The first kappa shape index (κ1) is 11.2. The van der Waals surface area contributed by atoms with Crippen LogP contribution in [0.25, 0.3) is 0 Å². The van der Waals surface area contributed by atoms with Gasteiger partial charge in [-0.15, -0.1) is 11.3 Å². The second-order valence-corrected chi connectivity index (χ2v) is 4.81. The van der Waals surface area contributed by atoms with E-state index in [0.29, 0.717) is 4.88 Å². The fourth-order valence-corrected chi connectivity index (χ4v) is 1.67. The van der Waals surface area contributed by atoms with E-state index in [1.165, 1.54) is 11.3 Å². The van der Waals surface area contributed by atoms with Gasteiger partial charge in [0.2, 0.25) is 0 Å². The van der Waals surface area contributed by atoms with Crippen LogP contribution in [0.15, 0.2) is 5.51 Å². The van der Waals surface area contributed by atoms with Crippen LogP contribution in [0.2, 0.25) is 0 Å². The molecule has 0 unspecified atom stereocenters. The Hall–Kier alpha value is -0.900. The quantitative estimate of drug-likeness (QED) is 0.835. The maximum absolute atomic E-state index is 11.8. The maximum Gasteiger partial charge on any atom is 0.263 e. The number of rotatable bonds is 3. The summed E-state index contributed by atoms with van der Waals surface area (Å²) in [5.41, 5.74) is 2.36. The number of aryl methyl sites for hydroxylation is 1. The number of nitrogens with zero attached hydrogens (tertiary/aromatic N) is 1. The fourth-order valence-electron chi connectivity index (χ4n) is 0.972. The predicted molar refractivity (Wildman–Crippen MR) is 58.7 cm³/mol. The summed E-state index contributed by atoms with van der Waals surface area (Å²) in [6, 6.07) is 0. The first-order chi connectivity index (χ1) is 6.46. The molecule has 1 N–H and O–H groups in total. The van der Waals surface area contributed by atoms with Gasteiger partial charge in [0, 0.05) is 5.54 Å². The molecule has 1 heterocycles. The molecule has 0 aliphatic heterocycles. The van der Waals surface area contributed by atoms with Gasteiger partial charge in [-0.2, -0.15) is 0 Å². The van der Waals surface area contributed by atoms with E-state index in [2.05, 4.69) is 17.2 Å². The molecule has 0 bridgehead atoms. The third-order valence-corrected chi connectivity index (χ3v) is 3.21.